The predicted octanol–water partition coefficient (Wildman–Crippen LogP) is 3.26. The molecule has 0 bridgehead atoms. The molecule has 3 N–H and O–H groups in total. The molecule has 9 nitrogen and oxygen atoms in total. The van der Waals surface area contributed by atoms with E-state index in [0.717, 1.165) is 5.56 Å². The van der Waals surface area contributed by atoms with Gasteiger partial charge in [0, 0.05) is 34.5 Å². The standard InChI is InChI=1S/C23H23ClN4O5S/c1-12-17(22(30)33-2)18(13-7-9-15(10-8-13)28(31)32)19-20(25-12)26-23(27-21(19)29)34-11-14-5-3-4-6-16(14)24/h3-10,18-20,23,25-26H,11H2,1-2H3,(H,27,29). The SMILES string of the molecule is COC(=O)C1=C(C)NC2NC(SCc3ccccc3Cl)NC(=O)C2C1c1ccc([N+](=O)[O-])cc1. The first-order valence-electron chi connectivity index (χ1n) is 10.5. The first kappa shape index (κ1) is 24.1. The molecule has 2 aromatic carbocycles. The summed E-state index contributed by atoms with van der Waals surface area (Å²) in [7, 11) is 1.28. The summed E-state index contributed by atoms with van der Waals surface area (Å²) >= 11 is 7.74. The molecule has 0 aromatic heterocycles. The van der Waals surface area contributed by atoms with Gasteiger partial charge in [0.15, 0.2) is 0 Å². The van der Waals surface area contributed by atoms with Crippen molar-refractivity contribution in [2.75, 3.05) is 7.11 Å². The smallest absolute Gasteiger partial charge is 0.336 e. The number of hydrogen-bond acceptors (Lipinski definition) is 8. The summed E-state index contributed by atoms with van der Waals surface area (Å²) in [5, 5.41) is 21.4. The number of hydrogen-bond donors (Lipinski definition) is 3. The van der Waals surface area contributed by atoms with Crippen molar-refractivity contribution in [3.63, 3.8) is 0 Å². The number of non-ortho nitro benzene ring substituents is 1. The van der Waals surface area contributed by atoms with Crippen LogP contribution in [-0.4, -0.2) is 35.6 Å². The number of ether oxygens (including phenoxy) is 1. The molecule has 2 aliphatic rings. The highest BCUT2D eigenvalue weighted by atomic mass is 35.5. The number of nitrogens with one attached hydrogen (secondary N) is 3. The normalized spacial score (nSPS) is 24.0. The Hall–Kier alpha value is -3.08. The van der Waals surface area contributed by atoms with E-state index in [-0.39, 0.29) is 17.1 Å². The van der Waals surface area contributed by atoms with Crippen LogP contribution >= 0.6 is 23.4 Å². The average Bonchev–Trinajstić information content (AvgIpc) is 2.82. The van der Waals surface area contributed by atoms with Gasteiger partial charge in [-0.15, -0.1) is 11.8 Å². The summed E-state index contributed by atoms with van der Waals surface area (Å²) in [6.07, 6.45) is -0.467. The summed E-state index contributed by atoms with van der Waals surface area (Å²) in [5.74, 6) is -1.55. The minimum atomic E-state index is -0.684. The van der Waals surface area contributed by atoms with E-state index < -0.39 is 28.9 Å². The number of esters is 1. The molecule has 1 amide bonds. The Morgan fingerprint density at radius 3 is 2.53 bits per heavy atom. The number of fused-ring (bicyclic) bond motifs is 1. The van der Waals surface area contributed by atoms with Gasteiger partial charge < -0.3 is 15.4 Å². The molecule has 1 saturated heterocycles. The Bertz CT molecular complexity index is 1160. The maximum absolute atomic E-state index is 13.3. The molecule has 0 radical (unpaired) electrons. The van der Waals surface area contributed by atoms with Crippen molar-refractivity contribution < 1.29 is 19.2 Å². The summed E-state index contributed by atoms with van der Waals surface area (Å²) in [6.45, 7) is 1.75. The Kier molecular flexibility index (Phi) is 7.11. The van der Waals surface area contributed by atoms with E-state index in [0.29, 0.717) is 27.6 Å². The number of thioether (sulfide) groups is 1. The molecule has 11 heteroatoms. The van der Waals surface area contributed by atoms with Gasteiger partial charge >= 0.3 is 5.97 Å². The van der Waals surface area contributed by atoms with Crippen LogP contribution in [0.25, 0.3) is 0 Å². The summed E-state index contributed by atoms with van der Waals surface area (Å²) in [4.78, 5) is 36.6. The minimum absolute atomic E-state index is 0.0724. The molecule has 34 heavy (non-hydrogen) atoms. The van der Waals surface area contributed by atoms with Gasteiger partial charge in [0.25, 0.3) is 5.69 Å². The number of rotatable bonds is 6. The lowest BCUT2D eigenvalue weighted by Crippen LogP contribution is -2.67. The fourth-order valence-corrected chi connectivity index (χ4v) is 5.65. The third-order valence-corrected chi connectivity index (χ3v) is 7.38. The second kappa shape index (κ2) is 10.0. The highest BCUT2D eigenvalue weighted by Crippen LogP contribution is 2.41. The molecular weight excluding hydrogens is 480 g/mol. The number of nitro benzene ring substituents is 1. The van der Waals surface area contributed by atoms with Crippen molar-refractivity contribution in [3.8, 4) is 0 Å². The van der Waals surface area contributed by atoms with Gasteiger partial charge in [-0.1, -0.05) is 41.9 Å². The number of carbonyl (C=O) groups excluding carboxylic acids is 2. The van der Waals surface area contributed by atoms with Crippen molar-refractivity contribution in [1.82, 2.24) is 16.0 Å². The molecule has 4 atom stereocenters. The first-order chi connectivity index (χ1) is 16.3. The number of allylic oxidation sites excluding steroid dienone is 1. The lowest BCUT2D eigenvalue weighted by atomic mass is 9.74. The van der Waals surface area contributed by atoms with Gasteiger partial charge in [-0.05, 0) is 24.1 Å². The molecule has 2 heterocycles. The highest BCUT2D eigenvalue weighted by molar-refractivity contribution is 7.99. The van der Waals surface area contributed by atoms with Crippen molar-refractivity contribution >= 4 is 40.9 Å². The van der Waals surface area contributed by atoms with Gasteiger partial charge in [-0.2, -0.15) is 0 Å². The van der Waals surface area contributed by atoms with Gasteiger partial charge in [-0.25, -0.2) is 4.79 Å². The number of nitrogens with zero attached hydrogens (tertiary/aromatic N) is 1. The van der Waals surface area contributed by atoms with E-state index >= 15 is 0 Å². The number of halogens is 1. The van der Waals surface area contributed by atoms with Crippen LogP contribution in [0, 0.1) is 16.0 Å². The van der Waals surface area contributed by atoms with Gasteiger partial charge in [0.05, 0.1) is 29.7 Å². The zero-order chi connectivity index (χ0) is 24.4. The van der Waals surface area contributed by atoms with Crippen LogP contribution in [0.5, 0.6) is 0 Å². The zero-order valence-electron chi connectivity index (χ0n) is 18.4. The molecule has 178 valence electrons. The molecule has 2 aromatic rings. The van der Waals surface area contributed by atoms with Crippen LogP contribution in [0.4, 0.5) is 5.69 Å². The maximum atomic E-state index is 13.3. The molecule has 1 fully saturated rings. The zero-order valence-corrected chi connectivity index (χ0v) is 20.0. The predicted molar refractivity (Wildman–Crippen MR) is 129 cm³/mol. The number of methoxy groups -OCH3 is 1. The second-order valence-electron chi connectivity index (χ2n) is 7.96. The summed E-state index contributed by atoms with van der Waals surface area (Å²) in [6, 6.07) is 13.4. The highest BCUT2D eigenvalue weighted by Gasteiger charge is 2.48. The van der Waals surface area contributed by atoms with E-state index in [4.69, 9.17) is 16.3 Å². The molecule has 2 aliphatic heterocycles. The van der Waals surface area contributed by atoms with Gasteiger partial charge in [0.1, 0.15) is 5.50 Å². The topological polar surface area (TPSA) is 123 Å². The first-order valence-corrected chi connectivity index (χ1v) is 11.9. The average molecular weight is 503 g/mol. The largest absolute Gasteiger partial charge is 0.466 e. The van der Waals surface area contributed by atoms with Crippen LogP contribution < -0.4 is 16.0 Å². The lowest BCUT2D eigenvalue weighted by Gasteiger charge is -2.45. The monoisotopic (exact) mass is 502 g/mol. The van der Waals surface area contributed by atoms with Crippen molar-refractivity contribution in [3.05, 3.63) is 86.1 Å². The second-order valence-corrected chi connectivity index (χ2v) is 9.46. The third-order valence-electron chi connectivity index (χ3n) is 5.94. The molecule has 4 unspecified atom stereocenters. The van der Waals surface area contributed by atoms with E-state index in [9.17, 15) is 19.7 Å². The quantitative estimate of drug-likeness (QED) is 0.312. The number of amides is 1. The van der Waals surface area contributed by atoms with Crippen LogP contribution in [0.2, 0.25) is 5.02 Å². The summed E-state index contributed by atoms with van der Waals surface area (Å²) in [5.41, 5.74) is 2.00. The Morgan fingerprint density at radius 2 is 1.88 bits per heavy atom. The van der Waals surface area contributed by atoms with Crippen LogP contribution in [-0.2, 0) is 20.1 Å². The Morgan fingerprint density at radius 1 is 1.18 bits per heavy atom. The van der Waals surface area contributed by atoms with E-state index in [2.05, 4.69) is 16.0 Å². The van der Waals surface area contributed by atoms with Crippen LogP contribution in [0.3, 0.4) is 0 Å². The number of nitro groups is 1. The summed E-state index contributed by atoms with van der Waals surface area (Å²) < 4.78 is 4.99. The Balaban J connectivity index is 1.62. The fraction of sp³-hybridized carbons (Fsp3) is 0.304. The molecular formula is C23H23ClN4O5S. The maximum Gasteiger partial charge on any atom is 0.336 e. The molecule has 4 rings (SSSR count). The van der Waals surface area contributed by atoms with E-state index in [1.54, 1.807) is 19.1 Å². The van der Waals surface area contributed by atoms with Crippen molar-refractivity contribution in [2.24, 2.45) is 5.92 Å². The van der Waals surface area contributed by atoms with E-state index in [1.165, 1.54) is 31.0 Å². The fourth-order valence-electron chi connectivity index (χ4n) is 4.33. The molecule has 0 aliphatic carbocycles. The van der Waals surface area contributed by atoms with Gasteiger partial charge in [-0.3, -0.25) is 20.2 Å². The number of carbonyl (C=O) groups is 2. The van der Waals surface area contributed by atoms with Crippen LogP contribution in [0.1, 0.15) is 24.0 Å². The number of benzene rings is 2. The molecule has 0 spiro atoms. The molecule has 0 saturated carbocycles. The third kappa shape index (κ3) is 4.75. The minimum Gasteiger partial charge on any atom is -0.466 e. The van der Waals surface area contributed by atoms with Gasteiger partial charge in [0.2, 0.25) is 5.91 Å². The van der Waals surface area contributed by atoms with Crippen molar-refractivity contribution in [1.29, 1.82) is 0 Å². The van der Waals surface area contributed by atoms with E-state index in [1.807, 2.05) is 24.3 Å². The van der Waals surface area contributed by atoms with Crippen LogP contribution in [0.15, 0.2) is 59.8 Å². The lowest BCUT2D eigenvalue weighted by molar-refractivity contribution is -0.384. The van der Waals surface area contributed by atoms with Crippen molar-refractivity contribution in [2.45, 2.75) is 30.3 Å². The Labute approximate surface area is 205 Å².